The number of hydrogen-bond donors (Lipinski definition) is 0. The van der Waals surface area contributed by atoms with Crippen LogP contribution in [0.4, 0.5) is 0 Å². The van der Waals surface area contributed by atoms with Crippen molar-refractivity contribution >= 4 is 17.2 Å². The number of carbonyl (C=O) groups excluding carboxylic acids is 1. The molecule has 2 aromatic rings. The molecule has 0 radical (unpaired) electrons. The first-order chi connectivity index (χ1) is 11.2. The van der Waals surface area contributed by atoms with Gasteiger partial charge in [-0.15, -0.1) is 11.3 Å². The zero-order valence-corrected chi connectivity index (χ0v) is 14.0. The van der Waals surface area contributed by atoms with Gasteiger partial charge >= 0.3 is 0 Å². The molecule has 23 heavy (non-hydrogen) atoms. The maximum atomic E-state index is 12.6. The van der Waals surface area contributed by atoms with Crippen molar-refractivity contribution in [2.45, 2.75) is 32.7 Å². The quantitative estimate of drug-likeness (QED) is 0.864. The molecule has 4 rings (SSSR count). The Hall–Kier alpha value is -1.89. The Bertz CT molecular complexity index is 700. The van der Waals surface area contributed by atoms with Crippen LogP contribution in [0.25, 0.3) is 0 Å². The molecule has 0 aliphatic carbocycles. The average molecular weight is 332 g/mol. The standard InChI is InChI=1S/C16H20N4O2S/c1-11-10-23-14(17-11)7-12-3-5-19(9-12)16(21)13-8-15-20(18-13)4-2-6-22-15/h8,10,12H,2-7,9H2,1H3. The topological polar surface area (TPSA) is 60.2 Å². The molecular weight excluding hydrogens is 312 g/mol. The van der Waals surface area contributed by atoms with Crippen LogP contribution in [0.3, 0.4) is 0 Å². The number of thiazole rings is 1. The number of ether oxygens (including phenoxy) is 1. The Balaban J connectivity index is 1.40. The minimum atomic E-state index is 0.0216. The lowest BCUT2D eigenvalue weighted by molar-refractivity contribution is 0.0780. The van der Waals surface area contributed by atoms with E-state index in [9.17, 15) is 4.79 Å². The van der Waals surface area contributed by atoms with Crippen LogP contribution >= 0.6 is 11.3 Å². The van der Waals surface area contributed by atoms with E-state index in [4.69, 9.17) is 4.74 Å². The highest BCUT2D eigenvalue weighted by molar-refractivity contribution is 7.09. The summed E-state index contributed by atoms with van der Waals surface area (Å²) in [6.07, 6.45) is 2.95. The number of fused-ring (bicyclic) bond motifs is 1. The molecule has 1 saturated heterocycles. The first kappa shape index (κ1) is 14.7. The SMILES string of the molecule is Cc1csc(CC2CCN(C(=O)c3cc4n(n3)CCCO4)C2)n1. The van der Waals surface area contributed by atoms with Crippen LogP contribution in [-0.2, 0) is 13.0 Å². The summed E-state index contributed by atoms with van der Waals surface area (Å²) in [7, 11) is 0. The third-order valence-corrected chi connectivity index (χ3v) is 5.42. The molecule has 1 unspecified atom stereocenters. The lowest BCUT2D eigenvalue weighted by Crippen LogP contribution is -2.29. The van der Waals surface area contributed by atoms with Gasteiger partial charge in [0, 0.05) is 49.6 Å². The maximum Gasteiger partial charge on any atom is 0.274 e. The molecule has 0 spiro atoms. The van der Waals surface area contributed by atoms with Gasteiger partial charge in [0.05, 0.1) is 11.6 Å². The van der Waals surface area contributed by atoms with Crippen molar-refractivity contribution in [1.29, 1.82) is 0 Å². The molecule has 6 nitrogen and oxygen atoms in total. The first-order valence-corrected chi connectivity index (χ1v) is 8.98. The fourth-order valence-electron chi connectivity index (χ4n) is 3.26. The predicted molar refractivity (Wildman–Crippen MR) is 86.9 cm³/mol. The summed E-state index contributed by atoms with van der Waals surface area (Å²) in [5.41, 5.74) is 1.59. The van der Waals surface area contributed by atoms with E-state index in [0.29, 0.717) is 24.1 Å². The van der Waals surface area contributed by atoms with Crippen LogP contribution in [0.2, 0.25) is 0 Å². The van der Waals surface area contributed by atoms with Crippen molar-refractivity contribution in [2.75, 3.05) is 19.7 Å². The number of rotatable bonds is 3. The smallest absolute Gasteiger partial charge is 0.274 e. The highest BCUT2D eigenvalue weighted by Gasteiger charge is 2.30. The first-order valence-electron chi connectivity index (χ1n) is 8.10. The van der Waals surface area contributed by atoms with Gasteiger partial charge in [0.15, 0.2) is 5.69 Å². The van der Waals surface area contributed by atoms with Crippen molar-refractivity contribution in [3.63, 3.8) is 0 Å². The Kier molecular flexibility index (Phi) is 3.80. The number of amides is 1. The van der Waals surface area contributed by atoms with Gasteiger partial charge in [-0.25, -0.2) is 9.67 Å². The summed E-state index contributed by atoms with van der Waals surface area (Å²) in [5, 5.41) is 7.66. The second kappa shape index (κ2) is 5.96. The lowest BCUT2D eigenvalue weighted by atomic mass is 10.1. The van der Waals surface area contributed by atoms with Crippen LogP contribution < -0.4 is 4.74 Å². The molecule has 1 fully saturated rings. The molecule has 7 heteroatoms. The summed E-state index contributed by atoms with van der Waals surface area (Å²) in [5.74, 6) is 1.24. The average Bonchev–Trinajstić information content (AvgIpc) is 3.26. The highest BCUT2D eigenvalue weighted by Crippen LogP contribution is 2.25. The summed E-state index contributed by atoms with van der Waals surface area (Å²) in [4.78, 5) is 19.1. The minimum Gasteiger partial charge on any atom is -0.478 e. The monoisotopic (exact) mass is 332 g/mol. The largest absolute Gasteiger partial charge is 0.478 e. The van der Waals surface area contributed by atoms with Gasteiger partial charge in [0.2, 0.25) is 5.88 Å². The van der Waals surface area contributed by atoms with E-state index < -0.39 is 0 Å². The molecule has 122 valence electrons. The number of likely N-dealkylation sites (tertiary alicyclic amines) is 1. The second-order valence-corrected chi connectivity index (χ2v) is 7.23. The van der Waals surface area contributed by atoms with E-state index in [1.807, 2.05) is 11.8 Å². The summed E-state index contributed by atoms with van der Waals surface area (Å²) in [6.45, 7) is 5.15. The Morgan fingerprint density at radius 2 is 2.39 bits per heavy atom. The number of aromatic nitrogens is 3. The van der Waals surface area contributed by atoms with E-state index in [2.05, 4.69) is 15.5 Å². The van der Waals surface area contributed by atoms with Gasteiger partial charge in [-0.1, -0.05) is 0 Å². The normalized spacial score (nSPS) is 20.4. The lowest BCUT2D eigenvalue weighted by Gasteiger charge is -2.14. The second-order valence-electron chi connectivity index (χ2n) is 6.29. The van der Waals surface area contributed by atoms with Crippen LogP contribution in [0.15, 0.2) is 11.4 Å². The molecule has 1 amide bonds. The highest BCUT2D eigenvalue weighted by atomic mass is 32.1. The van der Waals surface area contributed by atoms with E-state index in [1.54, 1.807) is 22.1 Å². The molecule has 0 saturated carbocycles. The summed E-state index contributed by atoms with van der Waals surface area (Å²) >= 11 is 1.71. The van der Waals surface area contributed by atoms with Gasteiger partial charge in [0.1, 0.15) is 0 Å². The molecule has 2 aromatic heterocycles. The van der Waals surface area contributed by atoms with Crippen molar-refractivity contribution in [2.24, 2.45) is 5.92 Å². The van der Waals surface area contributed by atoms with E-state index in [0.717, 1.165) is 44.6 Å². The van der Waals surface area contributed by atoms with E-state index >= 15 is 0 Å². The van der Waals surface area contributed by atoms with Gasteiger partial charge in [-0.05, 0) is 19.3 Å². The third kappa shape index (κ3) is 2.97. The van der Waals surface area contributed by atoms with Crippen molar-refractivity contribution in [3.05, 3.63) is 27.8 Å². The Morgan fingerprint density at radius 3 is 3.17 bits per heavy atom. The van der Waals surface area contributed by atoms with Crippen molar-refractivity contribution in [3.8, 4) is 5.88 Å². The van der Waals surface area contributed by atoms with Crippen LogP contribution in [0.1, 0.15) is 34.0 Å². The summed E-state index contributed by atoms with van der Waals surface area (Å²) in [6, 6.07) is 1.78. The van der Waals surface area contributed by atoms with Gasteiger partial charge in [-0.2, -0.15) is 5.10 Å². The van der Waals surface area contributed by atoms with Crippen molar-refractivity contribution < 1.29 is 9.53 Å². The zero-order valence-electron chi connectivity index (χ0n) is 13.2. The molecule has 0 aromatic carbocycles. The fraction of sp³-hybridized carbons (Fsp3) is 0.562. The minimum absolute atomic E-state index is 0.0216. The molecule has 0 N–H and O–H groups in total. The zero-order chi connectivity index (χ0) is 15.8. The van der Waals surface area contributed by atoms with Crippen molar-refractivity contribution in [1.82, 2.24) is 19.7 Å². The fourth-order valence-corrected chi connectivity index (χ4v) is 4.15. The molecule has 1 atom stereocenters. The van der Waals surface area contributed by atoms with Crippen LogP contribution in [-0.4, -0.2) is 45.3 Å². The molecule has 2 aliphatic heterocycles. The molecular formula is C16H20N4O2S. The summed E-state index contributed by atoms with van der Waals surface area (Å²) < 4.78 is 7.34. The third-order valence-electron chi connectivity index (χ3n) is 4.43. The van der Waals surface area contributed by atoms with Gasteiger partial charge in [0.25, 0.3) is 5.91 Å². The number of aryl methyl sites for hydroxylation is 2. The maximum absolute atomic E-state index is 12.6. The van der Waals surface area contributed by atoms with Gasteiger partial charge in [-0.3, -0.25) is 4.79 Å². The Morgan fingerprint density at radius 1 is 1.48 bits per heavy atom. The van der Waals surface area contributed by atoms with E-state index in [-0.39, 0.29) is 5.91 Å². The Labute approximate surface area is 139 Å². The number of hydrogen-bond acceptors (Lipinski definition) is 5. The van der Waals surface area contributed by atoms with E-state index in [1.165, 1.54) is 5.01 Å². The molecule has 2 aliphatic rings. The van der Waals surface area contributed by atoms with Crippen LogP contribution in [0.5, 0.6) is 5.88 Å². The van der Waals surface area contributed by atoms with Crippen LogP contribution in [0, 0.1) is 12.8 Å². The predicted octanol–water partition coefficient (Wildman–Crippen LogP) is 2.14. The molecule has 0 bridgehead atoms. The number of carbonyl (C=O) groups is 1. The molecule has 4 heterocycles. The number of nitrogens with zero attached hydrogens (tertiary/aromatic N) is 4. The van der Waals surface area contributed by atoms with Gasteiger partial charge < -0.3 is 9.64 Å².